The molecule has 0 bridgehead atoms. The number of guanidine groups is 2. The zero-order valence-corrected chi connectivity index (χ0v) is 10.6. The zero-order valence-electron chi connectivity index (χ0n) is 10.6. The molecule has 7 nitrogen and oxygen atoms in total. The molecular formula is C12H16N6O. The SMILES string of the molecule is CCCc1nc2cc(N=C(N)N=C(N)N)ccc2o1. The first-order valence-electron chi connectivity index (χ1n) is 5.91. The monoisotopic (exact) mass is 260 g/mol. The van der Waals surface area contributed by atoms with Crippen LogP contribution in [0.2, 0.25) is 0 Å². The quantitative estimate of drug-likeness (QED) is 0.560. The second kappa shape index (κ2) is 5.38. The van der Waals surface area contributed by atoms with E-state index >= 15 is 0 Å². The van der Waals surface area contributed by atoms with Crippen LogP contribution in [-0.4, -0.2) is 16.9 Å². The number of aryl methyl sites for hydroxylation is 1. The number of rotatable bonds is 3. The second-order valence-corrected chi connectivity index (χ2v) is 4.02. The molecule has 0 aliphatic carbocycles. The van der Waals surface area contributed by atoms with Gasteiger partial charge in [0.05, 0.1) is 5.69 Å². The normalized spacial score (nSPS) is 11.7. The van der Waals surface area contributed by atoms with E-state index in [0.717, 1.165) is 29.8 Å². The van der Waals surface area contributed by atoms with Gasteiger partial charge in [0.2, 0.25) is 5.96 Å². The number of hydrogen-bond acceptors (Lipinski definition) is 3. The van der Waals surface area contributed by atoms with E-state index in [9.17, 15) is 0 Å². The number of fused-ring (bicyclic) bond motifs is 1. The van der Waals surface area contributed by atoms with Gasteiger partial charge in [0.25, 0.3) is 0 Å². The molecule has 7 heteroatoms. The van der Waals surface area contributed by atoms with Crippen LogP contribution in [0.25, 0.3) is 11.1 Å². The summed E-state index contributed by atoms with van der Waals surface area (Å²) in [5.41, 5.74) is 18.1. The van der Waals surface area contributed by atoms with Gasteiger partial charge in [0.1, 0.15) is 5.52 Å². The van der Waals surface area contributed by atoms with Crippen molar-refractivity contribution in [1.82, 2.24) is 4.98 Å². The molecule has 0 radical (unpaired) electrons. The maximum atomic E-state index is 5.57. The fraction of sp³-hybridized carbons (Fsp3) is 0.250. The molecule has 1 heterocycles. The van der Waals surface area contributed by atoms with Gasteiger partial charge in [0.15, 0.2) is 17.4 Å². The Kier molecular flexibility index (Phi) is 3.65. The Morgan fingerprint density at radius 2 is 2.11 bits per heavy atom. The van der Waals surface area contributed by atoms with Crippen molar-refractivity contribution in [2.24, 2.45) is 27.2 Å². The molecule has 0 spiro atoms. The minimum atomic E-state index is -0.131. The first kappa shape index (κ1) is 12.9. The predicted octanol–water partition coefficient (Wildman–Crippen LogP) is 1.000. The molecule has 0 unspecified atom stereocenters. The Bertz CT molecular complexity index is 639. The maximum absolute atomic E-state index is 5.57. The van der Waals surface area contributed by atoms with Crippen molar-refractivity contribution in [3.05, 3.63) is 24.1 Å². The highest BCUT2D eigenvalue weighted by molar-refractivity contribution is 5.94. The van der Waals surface area contributed by atoms with Crippen molar-refractivity contribution in [2.45, 2.75) is 19.8 Å². The number of aromatic nitrogens is 1. The van der Waals surface area contributed by atoms with Crippen LogP contribution in [0.15, 0.2) is 32.6 Å². The molecule has 19 heavy (non-hydrogen) atoms. The Labute approximate surface area is 110 Å². The smallest absolute Gasteiger partial charge is 0.223 e. The Balaban J connectivity index is 2.33. The van der Waals surface area contributed by atoms with E-state index in [4.69, 9.17) is 21.6 Å². The highest BCUT2D eigenvalue weighted by atomic mass is 16.3. The van der Waals surface area contributed by atoms with Gasteiger partial charge >= 0.3 is 0 Å². The van der Waals surface area contributed by atoms with E-state index < -0.39 is 0 Å². The first-order chi connectivity index (χ1) is 9.08. The van der Waals surface area contributed by atoms with E-state index in [1.54, 1.807) is 18.2 Å². The zero-order chi connectivity index (χ0) is 13.8. The van der Waals surface area contributed by atoms with Crippen LogP contribution in [0.5, 0.6) is 0 Å². The molecule has 1 aromatic heterocycles. The molecule has 1 aromatic carbocycles. The lowest BCUT2D eigenvalue weighted by Crippen LogP contribution is -2.26. The summed E-state index contributed by atoms with van der Waals surface area (Å²) in [7, 11) is 0. The highest BCUT2D eigenvalue weighted by Gasteiger charge is 2.05. The van der Waals surface area contributed by atoms with Crippen LogP contribution in [-0.2, 0) is 6.42 Å². The molecule has 2 aromatic rings. The summed E-state index contributed by atoms with van der Waals surface area (Å²) in [5, 5.41) is 0. The van der Waals surface area contributed by atoms with Crippen LogP contribution < -0.4 is 17.2 Å². The van der Waals surface area contributed by atoms with Crippen molar-refractivity contribution >= 4 is 28.7 Å². The van der Waals surface area contributed by atoms with Crippen LogP contribution in [0, 0.1) is 0 Å². The molecule has 0 saturated heterocycles. The molecule has 0 saturated carbocycles. The summed E-state index contributed by atoms with van der Waals surface area (Å²) in [6.07, 6.45) is 1.79. The molecule has 0 atom stereocenters. The lowest BCUT2D eigenvalue weighted by atomic mass is 10.3. The topological polar surface area (TPSA) is 129 Å². The molecule has 0 aliphatic rings. The van der Waals surface area contributed by atoms with Crippen LogP contribution >= 0.6 is 0 Å². The van der Waals surface area contributed by atoms with Gasteiger partial charge in [-0.05, 0) is 24.6 Å². The van der Waals surface area contributed by atoms with Gasteiger partial charge < -0.3 is 21.6 Å². The third kappa shape index (κ3) is 3.21. The molecule has 6 N–H and O–H groups in total. The van der Waals surface area contributed by atoms with Crippen LogP contribution in [0.4, 0.5) is 5.69 Å². The minimum absolute atomic E-state index is 0.00312. The third-order valence-electron chi connectivity index (χ3n) is 2.37. The number of nitrogens with two attached hydrogens (primary N) is 3. The summed E-state index contributed by atoms with van der Waals surface area (Å²) in [6.45, 7) is 2.07. The third-order valence-corrected chi connectivity index (χ3v) is 2.37. The predicted molar refractivity (Wildman–Crippen MR) is 75.1 cm³/mol. The molecule has 0 aliphatic heterocycles. The lowest BCUT2D eigenvalue weighted by molar-refractivity contribution is 0.525. The number of benzene rings is 1. The maximum Gasteiger partial charge on any atom is 0.223 e. The summed E-state index contributed by atoms with van der Waals surface area (Å²) >= 11 is 0. The van der Waals surface area contributed by atoms with Gasteiger partial charge in [-0.25, -0.2) is 9.98 Å². The van der Waals surface area contributed by atoms with E-state index in [0.29, 0.717) is 5.69 Å². The average molecular weight is 260 g/mol. The largest absolute Gasteiger partial charge is 0.441 e. The van der Waals surface area contributed by atoms with E-state index in [-0.39, 0.29) is 11.9 Å². The van der Waals surface area contributed by atoms with E-state index in [1.807, 2.05) is 0 Å². The molecular weight excluding hydrogens is 244 g/mol. The van der Waals surface area contributed by atoms with Crippen LogP contribution in [0.3, 0.4) is 0 Å². The van der Waals surface area contributed by atoms with Gasteiger partial charge in [-0.1, -0.05) is 6.92 Å². The highest BCUT2D eigenvalue weighted by Crippen LogP contribution is 2.22. The number of aliphatic imine (C=N–C) groups is 2. The van der Waals surface area contributed by atoms with Crippen molar-refractivity contribution in [2.75, 3.05) is 0 Å². The van der Waals surface area contributed by atoms with Gasteiger partial charge in [-0.15, -0.1) is 0 Å². The number of hydrogen-bond donors (Lipinski definition) is 3. The van der Waals surface area contributed by atoms with Gasteiger partial charge in [0, 0.05) is 6.42 Å². The summed E-state index contributed by atoms with van der Waals surface area (Å²) < 4.78 is 5.57. The van der Waals surface area contributed by atoms with Crippen LogP contribution in [0.1, 0.15) is 19.2 Å². The summed E-state index contributed by atoms with van der Waals surface area (Å²) in [4.78, 5) is 12.1. The number of oxazole rings is 1. The standard InChI is InChI=1S/C12H16N6O/c1-2-3-10-17-8-6-7(4-5-9(8)19-10)16-12(15)18-11(13)14/h4-6H,2-3H2,1H3,(H6,13,14,15,16,18). The molecule has 2 rings (SSSR count). The van der Waals surface area contributed by atoms with Gasteiger partial charge in [-0.2, -0.15) is 4.99 Å². The fourth-order valence-electron chi connectivity index (χ4n) is 1.64. The lowest BCUT2D eigenvalue weighted by Gasteiger charge is -1.95. The van der Waals surface area contributed by atoms with Crippen molar-refractivity contribution in [3.63, 3.8) is 0 Å². The Hall–Kier alpha value is -2.57. The van der Waals surface area contributed by atoms with Crippen molar-refractivity contribution in [1.29, 1.82) is 0 Å². The summed E-state index contributed by atoms with van der Waals surface area (Å²) in [5.74, 6) is 0.585. The second-order valence-electron chi connectivity index (χ2n) is 4.02. The first-order valence-corrected chi connectivity index (χ1v) is 5.91. The van der Waals surface area contributed by atoms with Crippen molar-refractivity contribution in [3.8, 4) is 0 Å². The fourth-order valence-corrected chi connectivity index (χ4v) is 1.64. The average Bonchev–Trinajstić information content (AvgIpc) is 2.69. The molecule has 0 fully saturated rings. The molecule has 0 amide bonds. The Morgan fingerprint density at radius 1 is 1.32 bits per heavy atom. The Morgan fingerprint density at radius 3 is 2.79 bits per heavy atom. The van der Waals surface area contributed by atoms with Crippen molar-refractivity contribution < 1.29 is 4.42 Å². The minimum Gasteiger partial charge on any atom is -0.441 e. The number of nitrogens with zero attached hydrogens (tertiary/aromatic N) is 3. The van der Waals surface area contributed by atoms with E-state index in [1.165, 1.54) is 0 Å². The molecule has 100 valence electrons. The summed E-state index contributed by atoms with van der Waals surface area (Å²) in [6, 6.07) is 5.33. The van der Waals surface area contributed by atoms with Gasteiger partial charge in [-0.3, -0.25) is 0 Å². The van der Waals surface area contributed by atoms with E-state index in [2.05, 4.69) is 21.9 Å².